The Hall–Kier alpha value is -8.40. The third kappa shape index (κ3) is 6.73. The Kier molecular flexibility index (Phi) is 8.83. The van der Waals surface area contributed by atoms with Crippen LogP contribution >= 0.6 is 0 Å². The predicted molar refractivity (Wildman–Crippen MR) is 264 cm³/mol. The first-order chi connectivity index (χ1) is 31.2. The molecule has 0 amide bonds. The molecule has 3 heterocycles. The molecular formula is C60H39N3. The van der Waals surface area contributed by atoms with Crippen molar-refractivity contribution in [2.45, 2.75) is 0 Å². The van der Waals surface area contributed by atoms with Crippen LogP contribution in [0.4, 0.5) is 0 Å². The van der Waals surface area contributed by atoms with Crippen molar-refractivity contribution < 1.29 is 0 Å². The lowest BCUT2D eigenvalue weighted by Gasteiger charge is -2.13. The molecule has 9 aromatic carbocycles. The maximum absolute atomic E-state index is 5.54. The van der Waals surface area contributed by atoms with Gasteiger partial charge in [0.25, 0.3) is 0 Å². The van der Waals surface area contributed by atoms with Crippen LogP contribution < -0.4 is 0 Å². The zero-order chi connectivity index (χ0) is 41.7. The largest absolute Gasteiger partial charge is 0.298 e. The van der Waals surface area contributed by atoms with Gasteiger partial charge in [0.15, 0.2) is 0 Å². The molecule has 0 spiro atoms. The Labute approximate surface area is 365 Å². The molecule has 0 atom stereocenters. The first-order valence-corrected chi connectivity index (χ1v) is 21.5. The minimum Gasteiger partial charge on any atom is -0.298 e. The van der Waals surface area contributed by atoms with Crippen LogP contribution in [0.25, 0.3) is 116 Å². The Balaban J connectivity index is 1.05. The third-order valence-electron chi connectivity index (χ3n) is 12.3. The quantitative estimate of drug-likeness (QED) is 0.161. The molecule has 3 heteroatoms. The molecule has 294 valence electrons. The summed E-state index contributed by atoms with van der Waals surface area (Å²) in [5, 5.41) is 7.23. The summed E-state index contributed by atoms with van der Waals surface area (Å²) in [5.41, 5.74) is 15.8. The highest BCUT2D eigenvalue weighted by Gasteiger charge is 2.21. The van der Waals surface area contributed by atoms with E-state index in [1.807, 2.05) is 0 Å². The van der Waals surface area contributed by atoms with Crippen LogP contribution in [-0.4, -0.2) is 14.4 Å². The molecule has 12 rings (SSSR count). The number of rotatable bonds is 7. The maximum atomic E-state index is 5.54. The van der Waals surface area contributed by atoms with E-state index in [1.54, 1.807) is 0 Å². The topological polar surface area (TPSA) is 30.2 Å². The average molecular weight is 802 g/mol. The molecule has 0 radical (unpaired) electrons. The van der Waals surface area contributed by atoms with Gasteiger partial charge in [-0.1, -0.05) is 194 Å². The Bertz CT molecular complexity index is 3560. The van der Waals surface area contributed by atoms with Gasteiger partial charge in [0.1, 0.15) is 5.65 Å². The van der Waals surface area contributed by atoms with Gasteiger partial charge in [0.2, 0.25) is 0 Å². The van der Waals surface area contributed by atoms with Crippen LogP contribution in [0.3, 0.4) is 0 Å². The summed E-state index contributed by atoms with van der Waals surface area (Å²) in [7, 11) is 0. The predicted octanol–water partition coefficient (Wildman–Crippen LogP) is 15.9. The molecule has 0 bridgehead atoms. The van der Waals surface area contributed by atoms with Gasteiger partial charge in [-0.05, 0) is 96.5 Å². The summed E-state index contributed by atoms with van der Waals surface area (Å²) in [6.07, 6.45) is 2.25. The van der Waals surface area contributed by atoms with Crippen LogP contribution in [0.5, 0.6) is 0 Å². The third-order valence-corrected chi connectivity index (χ3v) is 12.3. The van der Waals surface area contributed by atoms with Crippen molar-refractivity contribution in [3.63, 3.8) is 0 Å². The fourth-order valence-electron chi connectivity index (χ4n) is 9.09. The van der Waals surface area contributed by atoms with Crippen LogP contribution in [0, 0.1) is 0 Å². The second kappa shape index (κ2) is 15.3. The van der Waals surface area contributed by atoms with Crippen molar-refractivity contribution in [1.82, 2.24) is 14.4 Å². The smallest absolute Gasteiger partial charge is 0.145 e. The normalized spacial score (nSPS) is 11.5. The molecule has 3 aromatic heterocycles. The fourth-order valence-corrected chi connectivity index (χ4v) is 9.09. The number of hydrogen-bond donors (Lipinski definition) is 0. The number of aromatic nitrogens is 3. The van der Waals surface area contributed by atoms with E-state index in [-0.39, 0.29) is 0 Å². The molecule has 0 unspecified atom stereocenters. The Morgan fingerprint density at radius 3 is 1.35 bits per heavy atom. The molecule has 0 N–H and O–H groups in total. The molecule has 0 aliphatic rings. The molecule has 0 saturated carbocycles. The van der Waals surface area contributed by atoms with Gasteiger partial charge in [-0.2, -0.15) is 0 Å². The maximum Gasteiger partial charge on any atom is 0.145 e. The molecule has 0 fully saturated rings. The van der Waals surface area contributed by atoms with Crippen molar-refractivity contribution in [2.75, 3.05) is 0 Å². The number of benzene rings is 9. The van der Waals surface area contributed by atoms with Gasteiger partial charge >= 0.3 is 0 Å². The van der Waals surface area contributed by atoms with E-state index in [9.17, 15) is 0 Å². The van der Waals surface area contributed by atoms with E-state index in [4.69, 9.17) is 9.97 Å². The van der Waals surface area contributed by atoms with Crippen molar-refractivity contribution in [3.8, 4) is 78.4 Å². The van der Waals surface area contributed by atoms with E-state index in [1.165, 1.54) is 32.3 Å². The monoisotopic (exact) mass is 801 g/mol. The molecule has 3 nitrogen and oxygen atoms in total. The molecule has 0 aliphatic heterocycles. The van der Waals surface area contributed by atoms with E-state index in [0.717, 1.165) is 84.1 Å². The summed E-state index contributed by atoms with van der Waals surface area (Å²) >= 11 is 0. The number of imidazole rings is 1. The van der Waals surface area contributed by atoms with Gasteiger partial charge in [-0.3, -0.25) is 4.40 Å². The lowest BCUT2D eigenvalue weighted by atomic mass is 9.96. The van der Waals surface area contributed by atoms with Gasteiger partial charge in [-0.15, -0.1) is 0 Å². The lowest BCUT2D eigenvalue weighted by molar-refractivity contribution is 1.19. The SMILES string of the molecule is c1ccc(-c2cc(-c3ccccc3)c3nc(-c4ccc5ccccc5c4)c(-c4ccc(-c5cc(-c6ccc7ccccc7c6)cc(-c6ccc7ccccc7c6)n5)cc4)n3c2)cc1. The zero-order valence-electron chi connectivity index (χ0n) is 34.4. The highest BCUT2D eigenvalue weighted by molar-refractivity contribution is 5.95. The van der Waals surface area contributed by atoms with Gasteiger partial charge in [0, 0.05) is 34.0 Å². The summed E-state index contributed by atoms with van der Waals surface area (Å²) in [6, 6.07) is 82.5. The summed E-state index contributed by atoms with van der Waals surface area (Å²) in [6.45, 7) is 0. The molecule has 0 saturated heterocycles. The average Bonchev–Trinajstić information content (AvgIpc) is 3.76. The second-order valence-corrected chi connectivity index (χ2v) is 16.3. The van der Waals surface area contributed by atoms with Crippen molar-refractivity contribution >= 4 is 38.0 Å². The molecule has 63 heavy (non-hydrogen) atoms. The number of nitrogens with zero attached hydrogens (tertiary/aromatic N) is 3. The number of fused-ring (bicyclic) bond motifs is 4. The van der Waals surface area contributed by atoms with Crippen molar-refractivity contribution in [3.05, 3.63) is 237 Å². The zero-order valence-corrected chi connectivity index (χ0v) is 34.4. The molecular weight excluding hydrogens is 763 g/mol. The van der Waals surface area contributed by atoms with Gasteiger partial charge in [-0.25, -0.2) is 9.97 Å². The highest BCUT2D eigenvalue weighted by Crippen LogP contribution is 2.40. The van der Waals surface area contributed by atoms with Crippen molar-refractivity contribution in [2.24, 2.45) is 0 Å². The Morgan fingerprint density at radius 1 is 0.270 bits per heavy atom. The van der Waals surface area contributed by atoms with Crippen LogP contribution in [0.15, 0.2) is 237 Å². The first-order valence-electron chi connectivity index (χ1n) is 21.5. The van der Waals surface area contributed by atoms with E-state index >= 15 is 0 Å². The van der Waals surface area contributed by atoms with Gasteiger partial charge < -0.3 is 0 Å². The second-order valence-electron chi connectivity index (χ2n) is 16.3. The number of hydrogen-bond acceptors (Lipinski definition) is 2. The minimum atomic E-state index is 0.910. The van der Waals surface area contributed by atoms with Crippen LogP contribution in [-0.2, 0) is 0 Å². The first kappa shape index (κ1) is 36.5. The van der Waals surface area contributed by atoms with Crippen LogP contribution in [0.1, 0.15) is 0 Å². The highest BCUT2D eigenvalue weighted by atomic mass is 15.0. The van der Waals surface area contributed by atoms with E-state index in [2.05, 4.69) is 241 Å². The summed E-state index contributed by atoms with van der Waals surface area (Å²) in [4.78, 5) is 10.9. The lowest BCUT2D eigenvalue weighted by Crippen LogP contribution is -1.95. The molecule has 0 aliphatic carbocycles. The van der Waals surface area contributed by atoms with E-state index < -0.39 is 0 Å². The van der Waals surface area contributed by atoms with Gasteiger partial charge in [0.05, 0.1) is 22.8 Å². The standard InChI is InChI=1S/C60H39N3/c1-3-13-40(14-4-1)54-36-55(44-18-5-2-6-19-44)60-62-58(52-32-25-43-17-9-12-22-49(43)35-52)59(63(60)39-54)46-28-26-45(27-29-46)56-37-53(50-30-23-41-15-7-10-20-47(41)33-50)38-57(61-56)51-31-24-42-16-8-11-21-48(42)34-51/h1-39H. The van der Waals surface area contributed by atoms with Crippen LogP contribution in [0.2, 0.25) is 0 Å². The minimum absolute atomic E-state index is 0.910. The molecule has 12 aromatic rings. The number of pyridine rings is 2. The van der Waals surface area contributed by atoms with Crippen molar-refractivity contribution in [1.29, 1.82) is 0 Å². The fraction of sp³-hybridized carbons (Fsp3) is 0. The van der Waals surface area contributed by atoms with E-state index in [0.29, 0.717) is 0 Å². The summed E-state index contributed by atoms with van der Waals surface area (Å²) in [5.74, 6) is 0. The Morgan fingerprint density at radius 2 is 0.730 bits per heavy atom. The summed E-state index contributed by atoms with van der Waals surface area (Å²) < 4.78 is 2.31.